The van der Waals surface area contributed by atoms with Crippen LogP contribution in [0.4, 0.5) is 0 Å². The molecular weight excluding hydrogens is 242 g/mol. The molecule has 0 spiro atoms. The van der Waals surface area contributed by atoms with Crippen molar-refractivity contribution in [2.75, 3.05) is 12.9 Å². The van der Waals surface area contributed by atoms with Crippen LogP contribution in [0.2, 0.25) is 0 Å². The summed E-state index contributed by atoms with van der Waals surface area (Å²) in [6.07, 6.45) is -0.725. The van der Waals surface area contributed by atoms with Gasteiger partial charge in [0.1, 0.15) is 17.5 Å². The van der Waals surface area contributed by atoms with E-state index in [0.29, 0.717) is 5.75 Å². The van der Waals surface area contributed by atoms with Gasteiger partial charge in [-0.15, -0.1) is 0 Å². The van der Waals surface area contributed by atoms with Gasteiger partial charge in [0, 0.05) is 18.9 Å². The van der Waals surface area contributed by atoms with E-state index >= 15 is 0 Å². The lowest BCUT2D eigenvalue weighted by Gasteiger charge is -2.18. The van der Waals surface area contributed by atoms with Crippen molar-refractivity contribution in [2.45, 2.75) is 19.1 Å². The first-order valence-corrected chi connectivity index (χ1v) is 6.03. The molecule has 0 saturated carbocycles. The van der Waals surface area contributed by atoms with Gasteiger partial charge in [-0.1, -0.05) is 11.8 Å². The monoisotopic (exact) mass is 257 g/mol. The molecule has 2 unspecified atom stereocenters. The maximum Gasteiger partial charge on any atom is 0.185 e. The zero-order chi connectivity index (χ0) is 12.8. The minimum absolute atomic E-state index is 0.107. The van der Waals surface area contributed by atoms with Gasteiger partial charge in [0.15, 0.2) is 5.12 Å². The number of aliphatic hydroxyl groups excluding tert-OH is 2. The molecule has 0 aliphatic rings. The Morgan fingerprint density at radius 1 is 1.59 bits per heavy atom. The molecule has 0 saturated heterocycles. The summed E-state index contributed by atoms with van der Waals surface area (Å²) in [5, 5.41) is 19.5. The van der Waals surface area contributed by atoms with Crippen LogP contribution in [0.1, 0.15) is 18.7 Å². The third-order valence-corrected chi connectivity index (χ3v) is 3.04. The fraction of sp³-hybridized carbons (Fsp3) is 0.455. The first-order valence-electron chi connectivity index (χ1n) is 5.04. The van der Waals surface area contributed by atoms with Gasteiger partial charge in [0.2, 0.25) is 0 Å². The van der Waals surface area contributed by atoms with E-state index in [9.17, 15) is 15.0 Å². The molecule has 1 aromatic heterocycles. The first kappa shape index (κ1) is 14.0. The second-order valence-corrected chi connectivity index (χ2v) is 4.60. The van der Waals surface area contributed by atoms with Crippen LogP contribution in [0.15, 0.2) is 18.3 Å². The summed E-state index contributed by atoms with van der Waals surface area (Å²) in [4.78, 5) is 14.7. The zero-order valence-corrected chi connectivity index (χ0v) is 10.5. The number of carbonyl (C=O) groups is 1. The van der Waals surface area contributed by atoms with E-state index in [1.54, 1.807) is 12.1 Å². The molecule has 0 amide bonds. The molecule has 1 aromatic rings. The van der Waals surface area contributed by atoms with E-state index < -0.39 is 12.2 Å². The van der Waals surface area contributed by atoms with Crippen LogP contribution in [0.3, 0.4) is 0 Å². The largest absolute Gasteiger partial charge is 0.495 e. The van der Waals surface area contributed by atoms with Gasteiger partial charge in [-0.3, -0.25) is 9.78 Å². The highest BCUT2D eigenvalue weighted by atomic mass is 32.2. The Morgan fingerprint density at radius 2 is 2.29 bits per heavy atom. The van der Waals surface area contributed by atoms with E-state index in [1.807, 2.05) is 0 Å². The normalized spacial score (nSPS) is 14.1. The highest BCUT2D eigenvalue weighted by molar-refractivity contribution is 8.13. The molecule has 5 nitrogen and oxygen atoms in total. The number of hydrogen-bond acceptors (Lipinski definition) is 6. The number of hydrogen-bond donors (Lipinski definition) is 2. The number of thioether (sulfide) groups is 1. The Balaban J connectivity index is 2.73. The standard InChI is InChI=1S/C11H15NO4S/c1-7(13)17-6-8(14)11(15)10-9(16-2)4-3-5-12-10/h3-5,8,11,14-15H,6H2,1-2H3. The average Bonchev–Trinajstić information content (AvgIpc) is 2.34. The third-order valence-electron chi connectivity index (χ3n) is 2.12. The van der Waals surface area contributed by atoms with Crippen LogP contribution in [0.25, 0.3) is 0 Å². The van der Waals surface area contributed by atoms with Gasteiger partial charge >= 0.3 is 0 Å². The van der Waals surface area contributed by atoms with Crippen LogP contribution in [0.5, 0.6) is 5.75 Å². The summed E-state index contributed by atoms with van der Waals surface area (Å²) in [5.41, 5.74) is 0.270. The second-order valence-electron chi connectivity index (χ2n) is 3.41. The quantitative estimate of drug-likeness (QED) is 0.811. The van der Waals surface area contributed by atoms with Crippen molar-refractivity contribution in [3.8, 4) is 5.75 Å². The van der Waals surface area contributed by atoms with Crippen molar-refractivity contribution >= 4 is 16.9 Å². The minimum Gasteiger partial charge on any atom is -0.495 e. The molecule has 94 valence electrons. The Morgan fingerprint density at radius 3 is 2.88 bits per heavy atom. The van der Waals surface area contributed by atoms with Crippen molar-refractivity contribution in [2.24, 2.45) is 0 Å². The van der Waals surface area contributed by atoms with E-state index in [0.717, 1.165) is 11.8 Å². The lowest BCUT2D eigenvalue weighted by molar-refractivity contribution is -0.109. The second kappa shape index (κ2) is 6.58. The predicted molar refractivity (Wildman–Crippen MR) is 64.9 cm³/mol. The maximum absolute atomic E-state index is 10.8. The summed E-state index contributed by atoms with van der Waals surface area (Å²) in [7, 11) is 1.46. The molecule has 2 atom stereocenters. The van der Waals surface area contributed by atoms with Crippen LogP contribution < -0.4 is 4.74 Å². The van der Waals surface area contributed by atoms with Crippen LogP contribution in [-0.4, -0.2) is 39.3 Å². The number of ether oxygens (including phenoxy) is 1. The molecule has 6 heteroatoms. The van der Waals surface area contributed by atoms with E-state index in [2.05, 4.69) is 4.98 Å². The van der Waals surface area contributed by atoms with Gasteiger partial charge < -0.3 is 14.9 Å². The first-order chi connectivity index (χ1) is 8.06. The van der Waals surface area contributed by atoms with Crippen molar-refractivity contribution in [3.63, 3.8) is 0 Å². The summed E-state index contributed by atoms with van der Waals surface area (Å²) in [6, 6.07) is 3.32. The smallest absolute Gasteiger partial charge is 0.185 e. The van der Waals surface area contributed by atoms with Crippen molar-refractivity contribution < 1.29 is 19.7 Å². The summed E-state index contributed by atoms with van der Waals surface area (Å²) < 4.78 is 5.03. The molecule has 1 heterocycles. The average molecular weight is 257 g/mol. The molecule has 17 heavy (non-hydrogen) atoms. The summed E-state index contributed by atoms with van der Waals surface area (Å²) in [6.45, 7) is 1.41. The number of nitrogens with zero attached hydrogens (tertiary/aromatic N) is 1. The number of methoxy groups -OCH3 is 1. The number of rotatable bonds is 5. The van der Waals surface area contributed by atoms with Gasteiger partial charge in [0.25, 0.3) is 0 Å². The van der Waals surface area contributed by atoms with Crippen molar-refractivity contribution in [1.29, 1.82) is 0 Å². The van der Waals surface area contributed by atoms with Gasteiger partial charge in [-0.05, 0) is 12.1 Å². The Hall–Kier alpha value is -1.11. The van der Waals surface area contributed by atoms with E-state index in [4.69, 9.17) is 4.74 Å². The summed E-state index contributed by atoms with van der Waals surface area (Å²) in [5.74, 6) is 0.530. The maximum atomic E-state index is 10.8. The van der Waals surface area contributed by atoms with Crippen molar-refractivity contribution in [3.05, 3.63) is 24.0 Å². The predicted octanol–water partition coefficient (Wildman–Crippen LogP) is 0.764. The highest BCUT2D eigenvalue weighted by Crippen LogP contribution is 2.26. The molecule has 0 aliphatic heterocycles. The topological polar surface area (TPSA) is 79.7 Å². The lowest BCUT2D eigenvalue weighted by Crippen LogP contribution is -2.22. The molecular formula is C11H15NO4S. The van der Waals surface area contributed by atoms with Gasteiger partial charge in [-0.2, -0.15) is 0 Å². The van der Waals surface area contributed by atoms with Gasteiger partial charge in [-0.25, -0.2) is 0 Å². The Bertz CT molecular complexity index is 385. The molecule has 1 rings (SSSR count). The van der Waals surface area contributed by atoms with Gasteiger partial charge in [0.05, 0.1) is 13.2 Å². The fourth-order valence-corrected chi connectivity index (χ4v) is 1.86. The Labute approximate surface area is 104 Å². The lowest BCUT2D eigenvalue weighted by atomic mass is 10.1. The molecule has 0 aliphatic carbocycles. The number of pyridine rings is 1. The molecule has 0 fully saturated rings. The number of aliphatic hydroxyl groups is 2. The van der Waals surface area contributed by atoms with Crippen LogP contribution >= 0.6 is 11.8 Å². The number of aromatic nitrogens is 1. The van der Waals surface area contributed by atoms with Crippen molar-refractivity contribution in [1.82, 2.24) is 4.98 Å². The SMILES string of the molecule is COc1cccnc1C(O)C(O)CSC(C)=O. The fourth-order valence-electron chi connectivity index (χ4n) is 1.27. The molecule has 0 aromatic carbocycles. The molecule has 2 N–H and O–H groups in total. The third kappa shape index (κ3) is 3.99. The van der Waals surface area contributed by atoms with E-state index in [-0.39, 0.29) is 16.6 Å². The zero-order valence-electron chi connectivity index (χ0n) is 9.66. The summed E-state index contributed by atoms with van der Waals surface area (Å²) >= 11 is 0.958. The van der Waals surface area contributed by atoms with Crippen LogP contribution in [-0.2, 0) is 4.79 Å². The Kier molecular flexibility index (Phi) is 5.40. The van der Waals surface area contributed by atoms with Crippen LogP contribution in [0, 0.1) is 0 Å². The highest BCUT2D eigenvalue weighted by Gasteiger charge is 2.23. The molecule has 0 radical (unpaired) electrons. The molecule has 0 bridgehead atoms. The minimum atomic E-state index is -1.17. The van der Waals surface area contributed by atoms with E-state index in [1.165, 1.54) is 20.2 Å². The number of carbonyl (C=O) groups excluding carboxylic acids is 1.